The van der Waals surface area contributed by atoms with E-state index < -0.39 is 5.25 Å². The first-order valence-electron chi connectivity index (χ1n) is 8.90. The summed E-state index contributed by atoms with van der Waals surface area (Å²) in [7, 11) is 0. The first kappa shape index (κ1) is 19.9. The van der Waals surface area contributed by atoms with Gasteiger partial charge in [-0.1, -0.05) is 44.7 Å². The van der Waals surface area contributed by atoms with Crippen LogP contribution in [-0.4, -0.2) is 36.5 Å². The van der Waals surface area contributed by atoms with E-state index in [0.717, 1.165) is 5.69 Å². The van der Waals surface area contributed by atoms with Crippen LogP contribution in [0.5, 0.6) is 5.75 Å². The molecule has 0 bridgehead atoms. The Morgan fingerprint density at radius 1 is 1.11 bits per heavy atom. The molecule has 0 aliphatic heterocycles. The summed E-state index contributed by atoms with van der Waals surface area (Å²) in [6.45, 7) is 8.26. The second kappa shape index (κ2) is 8.02. The number of thioether (sulfide) groups is 1. The van der Waals surface area contributed by atoms with Crippen molar-refractivity contribution in [3.05, 3.63) is 54.1 Å². The molecule has 0 aliphatic carbocycles. The molecule has 0 spiro atoms. The van der Waals surface area contributed by atoms with Crippen molar-refractivity contribution in [1.29, 1.82) is 0 Å². The van der Waals surface area contributed by atoms with E-state index in [2.05, 4.69) is 41.6 Å². The highest BCUT2D eigenvalue weighted by atomic mass is 32.2. The molecule has 1 unspecified atom stereocenters. The monoisotopic (exact) mass is 397 g/mol. The summed E-state index contributed by atoms with van der Waals surface area (Å²) in [4.78, 5) is 12.6. The first-order chi connectivity index (χ1) is 13.2. The van der Waals surface area contributed by atoms with Crippen LogP contribution < -0.4 is 5.32 Å². The average Bonchev–Trinajstić information content (AvgIpc) is 3.10. The molecule has 3 aromatic rings. The number of rotatable bonds is 5. The Bertz CT molecular complexity index is 946. The summed E-state index contributed by atoms with van der Waals surface area (Å²) < 4.78 is 1.53. The standard InChI is InChI=1S/C20H23N5O2S/c1-13(18(27)21-15-7-5-14(6-8-15)20(2,3)4)28-19-22-23-24-25(19)16-9-11-17(26)12-10-16/h5-13,26H,1-4H3,(H,21,27). The Labute approximate surface area is 168 Å². The summed E-state index contributed by atoms with van der Waals surface area (Å²) in [6, 6.07) is 14.4. The molecule has 2 N–H and O–H groups in total. The number of carbonyl (C=O) groups excluding carboxylic acids is 1. The predicted molar refractivity (Wildman–Crippen MR) is 110 cm³/mol. The number of hydrogen-bond donors (Lipinski definition) is 2. The highest BCUT2D eigenvalue weighted by Gasteiger charge is 2.20. The summed E-state index contributed by atoms with van der Waals surface area (Å²) in [5.74, 6) is 0.0324. The molecule has 1 atom stereocenters. The Balaban J connectivity index is 1.67. The van der Waals surface area contributed by atoms with Crippen molar-refractivity contribution in [3.63, 3.8) is 0 Å². The number of hydrogen-bond acceptors (Lipinski definition) is 6. The largest absolute Gasteiger partial charge is 0.508 e. The van der Waals surface area contributed by atoms with Crippen molar-refractivity contribution in [2.24, 2.45) is 0 Å². The van der Waals surface area contributed by atoms with Crippen LogP contribution in [0.2, 0.25) is 0 Å². The molecule has 1 aromatic heterocycles. The number of phenols is 1. The highest BCUT2D eigenvalue weighted by Crippen LogP contribution is 2.26. The lowest BCUT2D eigenvalue weighted by molar-refractivity contribution is -0.115. The minimum absolute atomic E-state index is 0.0665. The lowest BCUT2D eigenvalue weighted by Gasteiger charge is -2.19. The van der Waals surface area contributed by atoms with Crippen LogP contribution in [0.15, 0.2) is 53.7 Å². The molecule has 0 radical (unpaired) electrons. The van der Waals surface area contributed by atoms with Gasteiger partial charge >= 0.3 is 0 Å². The molecule has 28 heavy (non-hydrogen) atoms. The molecular weight excluding hydrogens is 374 g/mol. The SMILES string of the molecule is CC(Sc1nnnn1-c1ccc(O)cc1)C(=O)Nc1ccc(C(C)(C)C)cc1. The van der Waals surface area contributed by atoms with Crippen LogP contribution in [0.25, 0.3) is 5.69 Å². The molecule has 146 valence electrons. The van der Waals surface area contributed by atoms with E-state index in [1.165, 1.54) is 22.0 Å². The van der Waals surface area contributed by atoms with Gasteiger partial charge in [-0.3, -0.25) is 4.79 Å². The number of tetrazole rings is 1. The molecule has 0 saturated heterocycles. The van der Waals surface area contributed by atoms with Crippen molar-refractivity contribution in [1.82, 2.24) is 20.2 Å². The van der Waals surface area contributed by atoms with Crippen LogP contribution >= 0.6 is 11.8 Å². The fourth-order valence-electron chi connectivity index (χ4n) is 2.52. The van der Waals surface area contributed by atoms with E-state index in [0.29, 0.717) is 10.8 Å². The van der Waals surface area contributed by atoms with Gasteiger partial charge in [0.25, 0.3) is 0 Å². The van der Waals surface area contributed by atoms with Gasteiger partial charge < -0.3 is 10.4 Å². The topological polar surface area (TPSA) is 92.9 Å². The molecule has 2 aromatic carbocycles. The maximum Gasteiger partial charge on any atom is 0.237 e. The summed E-state index contributed by atoms with van der Waals surface area (Å²) in [5, 5.41) is 24.1. The van der Waals surface area contributed by atoms with Crippen LogP contribution in [0, 0.1) is 0 Å². The second-order valence-corrected chi connectivity index (χ2v) is 8.77. The van der Waals surface area contributed by atoms with Gasteiger partial charge in [0.15, 0.2) is 0 Å². The van der Waals surface area contributed by atoms with Gasteiger partial charge in [0.1, 0.15) is 5.75 Å². The van der Waals surface area contributed by atoms with E-state index in [-0.39, 0.29) is 17.1 Å². The van der Waals surface area contributed by atoms with Crippen molar-refractivity contribution < 1.29 is 9.90 Å². The smallest absolute Gasteiger partial charge is 0.237 e. The minimum atomic E-state index is -0.399. The van der Waals surface area contributed by atoms with Crippen molar-refractivity contribution in [2.75, 3.05) is 5.32 Å². The summed E-state index contributed by atoms with van der Waals surface area (Å²) >= 11 is 1.26. The second-order valence-electron chi connectivity index (χ2n) is 7.47. The number of amides is 1. The Morgan fingerprint density at radius 3 is 2.36 bits per heavy atom. The Kier molecular flexibility index (Phi) is 5.69. The molecular formula is C20H23N5O2S. The van der Waals surface area contributed by atoms with Gasteiger partial charge in [-0.2, -0.15) is 4.68 Å². The normalized spacial score (nSPS) is 12.6. The Hall–Kier alpha value is -2.87. The van der Waals surface area contributed by atoms with Crippen LogP contribution in [0.1, 0.15) is 33.3 Å². The fraction of sp³-hybridized carbons (Fsp3) is 0.300. The predicted octanol–water partition coefficient (Wildman–Crippen LogP) is 3.78. The maximum absolute atomic E-state index is 12.6. The Morgan fingerprint density at radius 2 is 1.75 bits per heavy atom. The number of nitrogens with zero attached hydrogens (tertiary/aromatic N) is 4. The summed E-state index contributed by atoms with van der Waals surface area (Å²) in [6.07, 6.45) is 0. The van der Waals surface area contributed by atoms with Gasteiger partial charge in [-0.05, 0) is 64.7 Å². The molecule has 8 heteroatoms. The zero-order chi connectivity index (χ0) is 20.3. The number of carbonyl (C=O) groups is 1. The lowest BCUT2D eigenvalue weighted by Crippen LogP contribution is -2.23. The van der Waals surface area contributed by atoms with Gasteiger partial charge in [0.05, 0.1) is 10.9 Å². The van der Waals surface area contributed by atoms with Crippen LogP contribution in [0.3, 0.4) is 0 Å². The van der Waals surface area contributed by atoms with Gasteiger partial charge in [0.2, 0.25) is 11.1 Å². The third kappa shape index (κ3) is 4.69. The van der Waals surface area contributed by atoms with Crippen LogP contribution in [-0.2, 0) is 10.2 Å². The molecule has 7 nitrogen and oxygen atoms in total. The van der Waals surface area contributed by atoms with Crippen molar-refractivity contribution in [2.45, 2.75) is 43.5 Å². The number of benzene rings is 2. The molecule has 1 heterocycles. The minimum Gasteiger partial charge on any atom is -0.508 e. The number of aromatic hydroxyl groups is 1. The molecule has 0 saturated carbocycles. The zero-order valence-corrected chi connectivity index (χ0v) is 17.1. The van der Waals surface area contributed by atoms with E-state index in [1.54, 1.807) is 31.2 Å². The average molecular weight is 398 g/mol. The van der Waals surface area contributed by atoms with Crippen molar-refractivity contribution in [3.8, 4) is 11.4 Å². The summed E-state index contributed by atoms with van der Waals surface area (Å²) in [5.41, 5.74) is 2.73. The van der Waals surface area contributed by atoms with E-state index in [4.69, 9.17) is 0 Å². The first-order valence-corrected chi connectivity index (χ1v) is 9.78. The fourth-order valence-corrected chi connectivity index (χ4v) is 3.32. The van der Waals surface area contributed by atoms with E-state index >= 15 is 0 Å². The van der Waals surface area contributed by atoms with Gasteiger partial charge in [-0.15, -0.1) is 5.10 Å². The number of phenolic OH excluding ortho intramolecular Hbond substituents is 1. The van der Waals surface area contributed by atoms with E-state index in [1.807, 2.05) is 24.3 Å². The quantitative estimate of drug-likeness (QED) is 0.637. The molecule has 3 rings (SSSR count). The lowest BCUT2D eigenvalue weighted by atomic mass is 9.87. The van der Waals surface area contributed by atoms with E-state index in [9.17, 15) is 9.90 Å². The maximum atomic E-state index is 12.6. The number of nitrogens with one attached hydrogen (secondary N) is 1. The van der Waals surface area contributed by atoms with Gasteiger partial charge in [-0.25, -0.2) is 0 Å². The molecule has 0 fully saturated rings. The molecule has 0 aliphatic rings. The van der Waals surface area contributed by atoms with Crippen LogP contribution in [0.4, 0.5) is 5.69 Å². The third-order valence-corrected chi connectivity index (χ3v) is 5.24. The molecule has 1 amide bonds. The number of anilines is 1. The zero-order valence-electron chi connectivity index (χ0n) is 16.2. The third-order valence-electron chi connectivity index (χ3n) is 4.21. The number of aromatic nitrogens is 4. The highest BCUT2D eigenvalue weighted by molar-refractivity contribution is 8.00. The van der Waals surface area contributed by atoms with Gasteiger partial charge in [0, 0.05) is 5.69 Å². The van der Waals surface area contributed by atoms with Crippen molar-refractivity contribution >= 4 is 23.4 Å².